The van der Waals surface area contributed by atoms with Gasteiger partial charge in [0.05, 0.1) is 12.0 Å². The Labute approximate surface area is 54.4 Å². The van der Waals surface area contributed by atoms with Crippen LogP contribution in [0.4, 0.5) is 0 Å². The highest BCUT2D eigenvalue weighted by Crippen LogP contribution is 2.18. The quantitative estimate of drug-likeness (QED) is 0.518. The Morgan fingerprint density at radius 1 is 1.78 bits per heavy atom. The predicted octanol–water partition coefficient (Wildman–Crippen LogP) is -0.579. The molecule has 0 bridgehead atoms. The third-order valence-electron chi connectivity index (χ3n) is 1.64. The van der Waals surface area contributed by atoms with Crippen molar-refractivity contribution in [1.82, 2.24) is 5.32 Å². The molecule has 3 nitrogen and oxygen atoms in total. The van der Waals surface area contributed by atoms with Crippen LogP contribution < -0.4 is 5.32 Å². The molecular formula is C6H11NO2. The molecule has 1 rings (SSSR count). The highest BCUT2D eigenvalue weighted by atomic mass is 16.5. The molecule has 1 aliphatic heterocycles. The number of hydrogen-bond acceptors (Lipinski definition) is 3. The van der Waals surface area contributed by atoms with E-state index in [2.05, 4.69) is 5.32 Å². The normalized spacial score (nSPS) is 22.8. The fraction of sp³-hybridized carbons (Fsp3) is 0.833. The zero-order valence-electron chi connectivity index (χ0n) is 5.52. The lowest BCUT2D eigenvalue weighted by Crippen LogP contribution is -2.57. The number of nitrogens with one attached hydrogen (secondary N) is 1. The van der Waals surface area contributed by atoms with Gasteiger partial charge in [0.25, 0.3) is 0 Å². The van der Waals surface area contributed by atoms with Gasteiger partial charge in [0, 0.05) is 20.2 Å². The summed E-state index contributed by atoms with van der Waals surface area (Å²) in [4.78, 5) is 10.4. The Morgan fingerprint density at radius 2 is 2.44 bits per heavy atom. The maximum absolute atomic E-state index is 10.4. The molecule has 3 heteroatoms. The molecule has 0 amide bonds. The predicted molar refractivity (Wildman–Crippen MR) is 33.2 cm³/mol. The van der Waals surface area contributed by atoms with Crippen molar-refractivity contribution >= 4 is 6.29 Å². The van der Waals surface area contributed by atoms with Crippen LogP contribution in [0.5, 0.6) is 0 Å². The highest BCUT2D eigenvalue weighted by molar-refractivity contribution is 5.62. The molecular weight excluding hydrogens is 118 g/mol. The summed E-state index contributed by atoms with van der Waals surface area (Å²) < 4.78 is 4.87. The Hall–Kier alpha value is -0.410. The van der Waals surface area contributed by atoms with Gasteiger partial charge in [-0.15, -0.1) is 0 Å². The van der Waals surface area contributed by atoms with Crippen molar-refractivity contribution in [3.05, 3.63) is 0 Å². The molecule has 0 saturated carbocycles. The number of carbonyl (C=O) groups excluding carboxylic acids is 1. The molecule has 0 aromatic rings. The maximum atomic E-state index is 10.4. The molecule has 0 spiro atoms. The first kappa shape index (κ1) is 6.71. The minimum Gasteiger partial charge on any atom is -0.384 e. The second-order valence-electron chi connectivity index (χ2n) is 2.52. The third-order valence-corrected chi connectivity index (χ3v) is 1.64. The smallest absolute Gasteiger partial charge is 0.131 e. The number of rotatable bonds is 3. The third kappa shape index (κ3) is 1.11. The van der Waals surface area contributed by atoms with Gasteiger partial charge >= 0.3 is 0 Å². The lowest BCUT2D eigenvalue weighted by Gasteiger charge is -2.36. The van der Waals surface area contributed by atoms with Crippen LogP contribution in [0.2, 0.25) is 0 Å². The number of hydrogen-bond donors (Lipinski definition) is 1. The van der Waals surface area contributed by atoms with E-state index in [4.69, 9.17) is 4.74 Å². The van der Waals surface area contributed by atoms with Crippen molar-refractivity contribution in [2.45, 2.75) is 0 Å². The minimum atomic E-state index is -0.200. The largest absolute Gasteiger partial charge is 0.384 e. The summed E-state index contributed by atoms with van der Waals surface area (Å²) in [6.45, 7) is 2.08. The zero-order chi connectivity index (χ0) is 6.74. The van der Waals surface area contributed by atoms with Gasteiger partial charge in [-0.2, -0.15) is 0 Å². The van der Waals surface area contributed by atoms with E-state index in [1.165, 1.54) is 0 Å². The van der Waals surface area contributed by atoms with Crippen LogP contribution in [0.15, 0.2) is 0 Å². The van der Waals surface area contributed by atoms with Crippen LogP contribution in [0.3, 0.4) is 0 Å². The van der Waals surface area contributed by atoms with Gasteiger partial charge < -0.3 is 14.8 Å². The lowest BCUT2D eigenvalue weighted by molar-refractivity contribution is -0.122. The molecule has 0 unspecified atom stereocenters. The second-order valence-corrected chi connectivity index (χ2v) is 2.52. The van der Waals surface area contributed by atoms with E-state index in [1.807, 2.05) is 0 Å². The van der Waals surface area contributed by atoms with Crippen LogP contribution in [-0.2, 0) is 9.53 Å². The van der Waals surface area contributed by atoms with Gasteiger partial charge in [0.1, 0.15) is 6.29 Å². The molecule has 52 valence electrons. The maximum Gasteiger partial charge on any atom is 0.131 e. The molecule has 0 radical (unpaired) electrons. The lowest BCUT2D eigenvalue weighted by atomic mass is 9.85. The van der Waals surface area contributed by atoms with E-state index in [1.54, 1.807) is 7.11 Å². The first-order valence-corrected chi connectivity index (χ1v) is 2.99. The molecule has 0 aromatic carbocycles. The van der Waals surface area contributed by atoms with Crippen molar-refractivity contribution in [1.29, 1.82) is 0 Å². The molecule has 1 N–H and O–H groups in total. The SMILES string of the molecule is COCC1(C=O)CNC1. The van der Waals surface area contributed by atoms with Crippen LogP contribution in [-0.4, -0.2) is 33.1 Å². The van der Waals surface area contributed by atoms with Crippen molar-refractivity contribution < 1.29 is 9.53 Å². The Kier molecular flexibility index (Phi) is 1.83. The zero-order valence-corrected chi connectivity index (χ0v) is 5.52. The topological polar surface area (TPSA) is 38.3 Å². The first-order valence-electron chi connectivity index (χ1n) is 2.99. The van der Waals surface area contributed by atoms with E-state index in [0.717, 1.165) is 19.4 Å². The minimum absolute atomic E-state index is 0.200. The fourth-order valence-electron chi connectivity index (χ4n) is 0.953. The van der Waals surface area contributed by atoms with E-state index < -0.39 is 0 Å². The van der Waals surface area contributed by atoms with Crippen molar-refractivity contribution in [3.63, 3.8) is 0 Å². The van der Waals surface area contributed by atoms with E-state index in [-0.39, 0.29) is 5.41 Å². The van der Waals surface area contributed by atoms with E-state index in [0.29, 0.717) is 6.61 Å². The van der Waals surface area contributed by atoms with Gasteiger partial charge in [-0.25, -0.2) is 0 Å². The van der Waals surface area contributed by atoms with Crippen molar-refractivity contribution in [2.75, 3.05) is 26.8 Å². The summed E-state index contributed by atoms with van der Waals surface area (Å²) in [5.74, 6) is 0. The molecule has 9 heavy (non-hydrogen) atoms. The summed E-state index contributed by atoms with van der Waals surface area (Å²) in [6.07, 6.45) is 0.979. The molecule has 0 atom stereocenters. The number of methoxy groups -OCH3 is 1. The van der Waals surface area contributed by atoms with Crippen LogP contribution >= 0.6 is 0 Å². The van der Waals surface area contributed by atoms with Gasteiger partial charge in [-0.3, -0.25) is 0 Å². The second kappa shape index (κ2) is 2.45. The number of ether oxygens (including phenoxy) is 1. The standard InChI is InChI=1S/C6H11NO2/c1-9-5-6(4-8)2-7-3-6/h4,7H,2-3,5H2,1H3. The molecule has 1 saturated heterocycles. The fourth-order valence-corrected chi connectivity index (χ4v) is 0.953. The summed E-state index contributed by atoms with van der Waals surface area (Å²) in [6, 6.07) is 0. The Morgan fingerprint density at radius 3 is 2.56 bits per heavy atom. The van der Waals surface area contributed by atoms with E-state index in [9.17, 15) is 4.79 Å². The monoisotopic (exact) mass is 129 g/mol. The Balaban J connectivity index is 2.37. The average molecular weight is 129 g/mol. The molecule has 1 heterocycles. The number of carbonyl (C=O) groups is 1. The highest BCUT2D eigenvalue weighted by Gasteiger charge is 2.36. The molecule has 0 aliphatic carbocycles. The summed E-state index contributed by atoms with van der Waals surface area (Å²) in [5, 5.41) is 3.03. The van der Waals surface area contributed by atoms with Gasteiger partial charge in [0.2, 0.25) is 0 Å². The van der Waals surface area contributed by atoms with Crippen LogP contribution in [0, 0.1) is 5.41 Å². The first-order chi connectivity index (χ1) is 4.33. The number of aldehydes is 1. The molecule has 1 fully saturated rings. The summed E-state index contributed by atoms with van der Waals surface area (Å²) >= 11 is 0. The van der Waals surface area contributed by atoms with Gasteiger partial charge in [0.15, 0.2) is 0 Å². The van der Waals surface area contributed by atoms with Crippen LogP contribution in [0.1, 0.15) is 0 Å². The Bertz CT molecular complexity index is 110. The van der Waals surface area contributed by atoms with Crippen molar-refractivity contribution in [3.8, 4) is 0 Å². The van der Waals surface area contributed by atoms with E-state index >= 15 is 0 Å². The van der Waals surface area contributed by atoms with Gasteiger partial charge in [-0.05, 0) is 0 Å². The average Bonchev–Trinajstić information content (AvgIpc) is 1.79. The summed E-state index contributed by atoms with van der Waals surface area (Å²) in [5.41, 5.74) is -0.200. The van der Waals surface area contributed by atoms with Gasteiger partial charge in [-0.1, -0.05) is 0 Å². The van der Waals surface area contributed by atoms with Crippen LogP contribution in [0.25, 0.3) is 0 Å². The molecule has 0 aromatic heterocycles. The molecule has 1 aliphatic rings. The summed E-state index contributed by atoms with van der Waals surface area (Å²) in [7, 11) is 1.61. The van der Waals surface area contributed by atoms with Crippen molar-refractivity contribution in [2.24, 2.45) is 5.41 Å².